The van der Waals surface area contributed by atoms with E-state index in [1.165, 1.54) is 34.4 Å². The number of nitrogens with zero attached hydrogens (tertiary/aromatic N) is 2. The van der Waals surface area contributed by atoms with Gasteiger partial charge in [0.1, 0.15) is 10.6 Å². The molecule has 2 aromatic heterocycles. The molecule has 0 bridgehead atoms. The Kier molecular flexibility index (Phi) is 5.14. The lowest BCUT2D eigenvalue weighted by molar-refractivity contribution is -0.116. The van der Waals surface area contributed by atoms with Gasteiger partial charge in [0.25, 0.3) is 5.56 Å². The highest BCUT2D eigenvalue weighted by Gasteiger charge is 2.17. The lowest BCUT2D eigenvalue weighted by atomic mass is 10.0. The Morgan fingerprint density at radius 3 is 2.72 bits per heavy atom. The fourth-order valence-electron chi connectivity index (χ4n) is 3.28. The third-order valence-electron chi connectivity index (χ3n) is 4.63. The molecule has 0 aliphatic rings. The standard InChI is InChI=1S/C22H19N3O3S/c1-14-19(15-6-3-2-4-7-15)20-21(29-14)23-13-25(22(20)28)11-10-18(27)24-16-8-5-9-17(26)12-16/h2-9,12-13,26H,10-11H2,1H3,(H,24,27). The lowest BCUT2D eigenvalue weighted by Crippen LogP contribution is -2.23. The summed E-state index contributed by atoms with van der Waals surface area (Å²) in [7, 11) is 0. The first-order valence-corrected chi connectivity index (χ1v) is 9.97. The summed E-state index contributed by atoms with van der Waals surface area (Å²) in [6.07, 6.45) is 1.61. The number of anilines is 1. The van der Waals surface area contributed by atoms with Crippen molar-refractivity contribution in [3.8, 4) is 16.9 Å². The van der Waals surface area contributed by atoms with Crippen molar-refractivity contribution in [1.29, 1.82) is 0 Å². The third kappa shape index (κ3) is 3.90. The Balaban J connectivity index is 1.59. The van der Waals surface area contributed by atoms with E-state index in [1.54, 1.807) is 12.1 Å². The molecule has 2 aromatic carbocycles. The number of fused-ring (bicyclic) bond motifs is 1. The van der Waals surface area contributed by atoms with Crippen LogP contribution in [-0.4, -0.2) is 20.6 Å². The predicted octanol–water partition coefficient (Wildman–Crippen LogP) is 4.17. The zero-order chi connectivity index (χ0) is 20.4. The molecule has 29 heavy (non-hydrogen) atoms. The Hall–Kier alpha value is -3.45. The average molecular weight is 405 g/mol. The molecule has 0 saturated carbocycles. The van der Waals surface area contributed by atoms with Crippen LogP contribution in [0.2, 0.25) is 0 Å². The highest BCUT2D eigenvalue weighted by Crippen LogP contribution is 2.35. The van der Waals surface area contributed by atoms with Crippen molar-refractivity contribution in [3.05, 3.63) is 76.2 Å². The fraction of sp³-hybridized carbons (Fsp3) is 0.136. The average Bonchev–Trinajstić information content (AvgIpc) is 3.05. The molecule has 0 unspecified atom stereocenters. The van der Waals surface area contributed by atoms with E-state index in [0.29, 0.717) is 15.9 Å². The van der Waals surface area contributed by atoms with Crippen LogP contribution < -0.4 is 10.9 Å². The van der Waals surface area contributed by atoms with Gasteiger partial charge < -0.3 is 10.4 Å². The van der Waals surface area contributed by atoms with Crippen LogP contribution >= 0.6 is 11.3 Å². The van der Waals surface area contributed by atoms with E-state index in [1.807, 2.05) is 37.3 Å². The van der Waals surface area contributed by atoms with E-state index in [2.05, 4.69) is 10.3 Å². The van der Waals surface area contributed by atoms with Gasteiger partial charge in [-0.15, -0.1) is 11.3 Å². The van der Waals surface area contributed by atoms with Gasteiger partial charge in [-0.25, -0.2) is 4.98 Å². The Morgan fingerprint density at radius 2 is 1.97 bits per heavy atom. The first-order chi connectivity index (χ1) is 14.0. The van der Waals surface area contributed by atoms with Crippen molar-refractivity contribution in [2.45, 2.75) is 19.9 Å². The number of amides is 1. The lowest BCUT2D eigenvalue weighted by Gasteiger charge is -2.08. The number of aromatic nitrogens is 2. The molecule has 0 spiro atoms. The second kappa shape index (κ2) is 7.89. The summed E-state index contributed by atoms with van der Waals surface area (Å²) < 4.78 is 1.48. The number of hydrogen-bond acceptors (Lipinski definition) is 5. The van der Waals surface area contributed by atoms with Crippen molar-refractivity contribution in [3.63, 3.8) is 0 Å². The van der Waals surface area contributed by atoms with Crippen molar-refractivity contribution in [1.82, 2.24) is 9.55 Å². The second-order valence-electron chi connectivity index (χ2n) is 6.67. The topological polar surface area (TPSA) is 84.2 Å². The zero-order valence-corrected chi connectivity index (χ0v) is 16.6. The molecule has 0 atom stereocenters. The smallest absolute Gasteiger partial charge is 0.262 e. The highest BCUT2D eigenvalue weighted by molar-refractivity contribution is 7.19. The summed E-state index contributed by atoms with van der Waals surface area (Å²) >= 11 is 1.50. The van der Waals surface area contributed by atoms with Gasteiger partial charge in [0, 0.05) is 35.2 Å². The van der Waals surface area contributed by atoms with Crippen LogP contribution in [0.5, 0.6) is 5.75 Å². The molecule has 7 heteroatoms. The number of carbonyl (C=O) groups excluding carboxylic acids is 1. The van der Waals surface area contributed by atoms with Gasteiger partial charge >= 0.3 is 0 Å². The van der Waals surface area contributed by atoms with Crippen LogP contribution in [0.15, 0.2) is 65.7 Å². The van der Waals surface area contributed by atoms with Gasteiger partial charge in [-0.1, -0.05) is 36.4 Å². The van der Waals surface area contributed by atoms with Crippen LogP contribution in [0, 0.1) is 6.92 Å². The Morgan fingerprint density at radius 1 is 1.17 bits per heavy atom. The van der Waals surface area contributed by atoms with Gasteiger partial charge in [0.15, 0.2) is 0 Å². The third-order valence-corrected chi connectivity index (χ3v) is 5.64. The molecular weight excluding hydrogens is 386 g/mol. The fourth-order valence-corrected chi connectivity index (χ4v) is 4.28. The van der Waals surface area contributed by atoms with Gasteiger partial charge in [-0.05, 0) is 24.6 Å². The molecular formula is C22H19N3O3S. The maximum Gasteiger partial charge on any atom is 0.262 e. The van der Waals surface area contributed by atoms with Gasteiger partial charge in [-0.2, -0.15) is 0 Å². The van der Waals surface area contributed by atoms with E-state index < -0.39 is 0 Å². The van der Waals surface area contributed by atoms with Crippen molar-refractivity contribution >= 4 is 33.1 Å². The monoisotopic (exact) mass is 405 g/mol. The molecule has 2 heterocycles. The molecule has 4 aromatic rings. The van der Waals surface area contributed by atoms with Crippen molar-refractivity contribution in [2.24, 2.45) is 0 Å². The number of rotatable bonds is 5. The summed E-state index contributed by atoms with van der Waals surface area (Å²) in [5.74, 6) is -0.165. The normalized spacial score (nSPS) is 10.9. The molecule has 146 valence electrons. The summed E-state index contributed by atoms with van der Waals surface area (Å²) in [6, 6.07) is 16.1. The minimum absolute atomic E-state index is 0.0786. The number of phenolic OH excluding ortho intramolecular Hbond substituents is 1. The number of aromatic hydroxyl groups is 1. The van der Waals surface area contributed by atoms with Crippen LogP contribution in [0.1, 0.15) is 11.3 Å². The number of carbonyl (C=O) groups is 1. The van der Waals surface area contributed by atoms with Gasteiger partial charge in [0.05, 0.1) is 11.7 Å². The molecule has 0 aliphatic heterocycles. The zero-order valence-electron chi connectivity index (χ0n) is 15.8. The number of benzene rings is 2. The highest BCUT2D eigenvalue weighted by atomic mass is 32.1. The molecule has 0 aliphatic carbocycles. The summed E-state index contributed by atoms with van der Waals surface area (Å²) in [5.41, 5.74) is 2.25. The molecule has 0 fully saturated rings. The number of hydrogen-bond donors (Lipinski definition) is 2. The van der Waals surface area contributed by atoms with E-state index in [0.717, 1.165) is 16.0 Å². The van der Waals surface area contributed by atoms with Crippen molar-refractivity contribution in [2.75, 3.05) is 5.32 Å². The summed E-state index contributed by atoms with van der Waals surface area (Å²) in [5, 5.41) is 12.8. The molecule has 4 rings (SSSR count). The molecule has 0 saturated heterocycles. The Bertz CT molecular complexity index is 1250. The van der Waals surface area contributed by atoms with Crippen molar-refractivity contribution < 1.29 is 9.90 Å². The van der Waals surface area contributed by atoms with Gasteiger partial charge in [0.2, 0.25) is 5.91 Å². The predicted molar refractivity (Wildman–Crippen MR) is 115 cm³/mol. The van der Waals surface area contributed by atoms with Crippen LogP contribution in [0.4, 0.5) is 5.69 Å². The Labute approximate surface area is 171 Å². The number of thiophene rings is 1. The number of phenols is 1. The van der Waals surface area contributed by atoms with E-state index in [-0.39, 0.29) is 30.2 Å². The first-order valence-electron chi connectivity index (χ1n) is 9.16. The molecule has 0 radical (unpaired) electrons. The second-order valence-corrected chi connectivity index (χ2v) is 7.87. The maximum absolute atomic E-state index is 13.1. The number of nitrogens with one attached hydrogen (secondary N) is 1. The largest absolute Gasteiger partial charge is 0.508 e. The molecule has 2 N–H and O–H groups in total. The summed E-state index contributed by atoms with van der Waals surface area (Å²) in [4.78, 5) is 31.5. The number of aryl methyl sites for hydroxylation is 2. The molecule has 6 nitrogen and oxygen atoms in total. The first kappa shape index (κ1) is 18.9. The maximum atomic E-state index is 13.1. The minimum Gasteiger partial charge on any atom is -0.508 e. The quantitative estimate of drug-likeness (QED) is 0.522. The minimum atomic E-state index is -0.243. The summed E-state index contributed by atoms with van der Waals surface area (Å²) in [6.45, 7) is 2.21. The van der Waals surface area contributed by atoms with Crippen LogP contribution in [-0.2, 0) is 11.3 Å². The van der Waals surface area contributed by atoms with E-state index in [9.17, 15) is 14.7 Å². The van der Waals surface area contributed by atoms with Crippen LogP contribution in [0.3, 0.4) is 0 Å². The molecule has 1 amide bonds. The van der Waals surface area contributed by atoms with Crippen LogP contribution in [0.25, 0.3) is 21.3 Å². The van der Waals surface area contributed by atoms with Gasteiger partial charge in [-0.3, -0.25) is 14.2 Å². The SMILES string of the molecule is Cc1sc2ncn(CCC(=O)Nc3cccc(O)c3)c(=O)c2c1-c1ccccc1. The van der Waals surface area contributed by atoms with E-state index >= 15 is 0 Å². The van der Waals surface area contributed by atoms with E-state index in [4.69, 9.17) is 0 Å².